The van der Waals surface area contributed by atoms with Gasteiger partial charge in [-0.25, -0.2) is 4.98 Å². The number of piperidine rings is 1. The lowest BCUT2D eigenvalue weighted by atomic mass is 9.98. The molecule has 18 heavy (non-hydrogen) atoms. The van der Waals surface area contributed by atoms with Gasteiger partial charge in [-0.2, -0.15) is 18.2 Å². The number of hydrogen-bond donors (Lipinski definition) is 1. The molecule has 0 aliphatic carbocycles. The second-order valence-corrected chi connectivity index (χ2v) is 5.05. The molecule has 0 saturated carbocycles. The van der Waals surface area contributed by atoms with Crippen LogP contribution in [0.1, 0.15) is 12.8 Å². The van der Waals surface area contributed by atoms with Gasteiger partial charge in [-0.3, -0.25) is 0 Å². The summed E-state index contributed by atoms with van der Waals surface area (Å²) in [6.45, 7) is 0.405. The highest BCUT2D eigenvalue weighted by atomic mass is 79.9. The molecule has 2 rings (SSSR count). The predicted octanol–water partition coefficient (Wildman–Crippen LogP) is 2.60. The highest BCUT2D eigenvalue weighted by Crippen LogP contribution is 2.34. The summed E-state index contributed by atoms with van der Waals surface area (Å²) in [5, 5.41) is 0. The van der Waals surface area contributed by atoms with E-state index in [0.29, 0.717) is 17.6 Å². The van der Waals surface area contributed by atoms with E-state index in [1.54, 1.807) is 0 Å². The molecule has 2 N–H and O–H groups in total. The van der Waals surface area contributed by atoms with E-state index in [1.165, 1.54) is 11.0 Å². The van der Waals surface area contributed by atoms with Gasteiger partial charge in [-0.05, 0) is 28.8 Å². The molecule has 2 heterocycles. The zero-order valence-corrected chi connectivity index (χ0v) is 11.0. The summed E-state index contributed by atoms with van der Waals surface area (Å²) in [4.78, 5) is 9.56. The number of rotatable bonds is 1. The normalized spacial score (nSPS) is 21.1. The van der Waals surface area contributed by atoms with Crippen LogP contribution in [0.4, 0.5) is 24.9 Å². The molecule has 0 amide bonds. The SMILES string of the molecule is Nc1cc(Br)nc(N2CCCC(C(F)(F)F)C2)n1. The van der Waals surface area contributed by atoms with Crippen molar-refractivity contribution in [2.45, 2.75) is 19.0 Å². The number of halogens is 4. The van der Waals surface area contributed by atoms with Crippen molar-refractivity contribution in [3.8, 4) is 0 Å². The Morgan fingerprint density at radius 1 is 1.39 bits per heavy atom. The van der Waals surface area contributed by atoms with Crippen LogP contribution in [0.5, 0.6) is 0 Å². The van der Waals surface area contributed by atoms with Crippen molar-refractivity contribution in [3.63, 3.8) is 0 Å². The first-order valence-electron chi connectivity index (χ1n) is 5.48. The summed E-state index contributed by atoms with van der Waals surface area (Å²) < 4.78 is 38.5. The average molecular weight is 325 g/mol. The zero-order valence-electron chi connectivity index (χ0n) is 9.41. The quantitative estimate of drug-likeness (QED) is 0.807. The third kappa shape index (κ3) is 3.04. The molecule has 8 heteroatoms. The molecule has 1 aromatic rings. The van der Waals surface area contributed by atoms with Crippen molar-refractivity contribution in [3.05, 3.63) is 10.7 Å². The summed E-state index contributed by atoms with van der Waals surface area (Å²) in [5.74, 6) is -0.841. The Labute approximate surface area is 111 Å². The van der Waals surface area contributed by atoms with Crippen molar-refractivity contribution < 1.29 is 13.2 Å². The molecule has 0 bridgehead atoms. The van der Waals surface area contributed by atoms with E-state index in [0.717, 1.165) is 0 Å². The van der Waals surface area contributed by atoms with Crippen molar-refractivity contribution in [1.29, 1.82) is 0 Å². The number of nitrogens with zero attached hydrogens (tertiary/aromatic N) is 3. The Kier molecular flexibility index (Phi) is 3.65. The molecule has 0 spiro atoms. The van der Waals surface area contributed by atoms with Gasteiger partial charge in [-0.15, -0.1) is 0 Å². The van der Waals surface area contributed by atoms with Crippen LogP contribution in [0.3, 0.4) is 0 Å². The maximum atomic E-state index is 12.7. The van der Waals surface area contributed by atoms with Crippen LogP contribution in [-0.4, -0.2) is 29.2 Å². The Bertz CT molecular complexity index is 417. The van der Waals surface area contributed by atoms with Gasteiger partial charge in [0.2, 0.25) is 5.95 Å². The zero-order chi connectivity index (χ0) is 13.3. The molecule has 1 aromatic heterocycles. The number of hydrogen-bond acceptors (Lipinski definition) is 4. The van der Waals surface area contributed by atoms with Crippen molar-refractivity contribution >= 4 is 27.7 Å². The van der Waals surface area contributed by atoms with Gasteiger partial charge in [0.1, 0.15) is 10.4 Å². The van der Waals surface area contributed by atoms with E-state index in [2.05, 4.69) is 25.9 Å². The van der Waals surface area contributed by atoms with E-state index in [4.69, 9.17) is 5.73 Å². The molecule has 1 aliphatic rings. The minimum atomic E-state index is -4.17. The average Bonchev–Trinajstić information content (AvgIpc) is 2.27. The van der Waals surface area contributed by atoms with E-state index in [-0.39, 0.29) is 24.7 Å². The first-order chi connectivity index (χ1) is 8.36. The van der Waals surface area contributed by atoms with Crippen LogP contribution in [-0.2, 0) is 0 Å². The lowest BCUT2D eigenvalue weighted by Crippen LogP contribution is -2.42. The Hall–Kier alpha value is -1.05. The minimum absolute atomic E-state index is 0.112. The fourth-order valence-corrected chi connectivity index (χ4v) is 2.38. The third-order valence-corrected chi connectivity index (χ3v) is 3.28. The standard InChI is InChI=1S/C10H12BrF3N4/c11-7-4-8(15)17-9(16-7)18-3-1-2-6(5-18)10(12,13)14/h4,6H,1-3,5H2,(H2,15,16,17). The molecule has 0 radical (unpaired) electrons. The summed E-state index contributed by atoms with van der Waals surface area (Å²) in [5.41, 5.74) is 5.56. The first kappa shape index (κ1) is 13.4. The van der Waals surface area contributed by atoms with Crippen LogP contribution < -0.4 is 10.6 Å². The third-order valence-electron chi connectivity index (χ3n) is 2.87. The Balaban J connectivity index is 2.18. The number of aromatic nitrogens is 2. The first-order valence-corrected chi connectivity index (χ1v) is 6.27. The summed E-state index contributed by atoms with van der Waals surface area (Å²) in [6, 6.07) is 1.51. The highest BCUT2D eigenvalue weighted by molar-refractivity contribution is 9.10. The van der Waals surface area contributed by atoms with Crippen LogP contribution in [0.25, 0.3) is 0 Å². The van der Waals surface area contributed by atoms with Gasteiger partial charge in [0.15, 0.2) is 0 Å². The molecule has 1 fully saturated rings. The number of nitrogen functional groups attached to an aromatic ring is 1. The lowest BCUT2D eigenvalue weighted by Gasteiger charge is -2.33. The topological polar surface area (TPSA) is 55.0 Å². The minimum Gasteiger partial charge on any atom is -0.383 e. The molecule has 1 saturated heterocycles. The second kappa shape index (κ2) is 4.91. The van der Waals surface area contributed by atoms with E-state index in [1.807, 2.05) is 0 Å². The van der Waals surface area contributed by atoms with Gasteiger partial charge >= 0.3 is 6.18 Å². The van der Waals surface area contributed by atoms with Crippen LogP contribution in [0.2, 0.25) is 0 Å². The van der Waals surface area contributed by atoms with E-state index in [9.17, 15) is 13.2 Å². The Morgan fingerprint density at radius 3 is 2.72 bits per heavy atom. The summed E-state index contributed by atoms with van der Waals surface area (Å²) >= 11 is 3.15. The summed E-state index contributed by atoms with van der Waals surface area (Å²) in [7, 11) is 0. The monoisotopic (exact) mass is 324 g/mol. The van der Waals surface area contributed by atoms with Crippen molar-refractivity contribution in [2.24, 2.45) is 5.92 Å². The molecular formula is C10H12BrF3N4. The van der Waals surface area contributed by atoms with Gasteiger partial charge in [0, 0.05) is 19.2 Å². The molecular weight excluding hydrogens is 313 g/mol. The molecule has 4 nitrogen and oxygen atoms in total. The smallest absolute Gasteiger partial charge is 0.383 e. The summed E-state index contributed by atoms with van der Waals surface area (Å²) in [6.07, 6.45) is -3.54. The molecule has 1 atom stereocenters. The van der Waals surface area contributed by atoms with Crippen LogP contribution in [0, 0.1) is 5.92 Å². The highest BCUT2D eigenvalue weighted by Gasteiger charge is 2.42. The molecule has 100 valence electrons. The molecule has 1 unspecified atom stereocenters. The Morgan fingerprint density at radius 2 is 2.11 bits per heavy atom. The van der Waals surface area contributed by atoms with Gasteiger partial charge in [0.05, 0.1) is 5.92 Å². The number of alkyl halides is 3. The van der Waals surface area contributed by atoms with Gasteiger partial charge in [-0.1, -0.05) is 0 Å². The number of nitrogens with two attached hydrogens (primary N) is 1. The van der Waals surface area contributed by atoms with Crippen molar-refractivity contribution in [1.82, 2.24) is 9.97 Å². The second-order valence-electron chi connectivity index (χ2n) is 4.24. The number of anilines is 2. The van der Waals surface area contributed by atoms with E-state index >= 15 is 0 Å². The maximum Gasteiger partial charge on any atom is 0.393 e. The largest absolute Gasteiger partial charge is 0.393 e. The van der Waals surface area contributed by atoms with Crippen molar-refractivity contribution in [2.75, 3.05) is 23.7 Å². The van der Waals surface area contributed by atoms with Gasteiger partial charge in [0.25, 0.3) is 0 Å². The van der Waals surface area contributed by atoms with Crippen LogP contribution in [0.15, 0.2) is 10.7 Å². The molecule has 0 aromatic carbocycles. The predicted molar refractivity (Wildman–Crippen MR) is 65.1 cm³/mol. The van der Waals surface area contributed by atoms with Gasteiger partial charge < -0.3 is 10.6 Å². The fourth-order valence-electron chi connectivity index (χ4n) is 1.99. The fraction of sp³-hybridized carbons (Fsp3) is 0.600. The van der Waals surface area contributed by atoms with Crippen LogP contribution >= 0.6 is 15.9 Å². The molecule has 1 aliphatic heterocycles. The van der Waals surface area contributed by atoms with E-state index < -0.39 is 12.1 Å². The lowest BCUT2D eigenvalue weighted by molar-refractivity contribution is -0.176. The maximum absolute atomic E-state index is 12.7.